The third kappa shape index (κ3) is 2.83. The lowest BCUT2D eigenvalue weighted by molar-refractivity contribution is 0.391. The van der Waals surface area contributed by atoms with Crippen molar-refractivity contribution in [3.8, 4) is 0 Å². The number of sulfonamides is 1. The van der Waals surface area contributed by atoms with Crippen LogP contribution in [-0.4, -0.2) is 41.4 Å². The Bertz CT molecular complexity index is 507. The molecule has 0 bridgehead atoms. The van der Waals surface area contributed by atoms with Crippen LogP contribution in [0.4, 0.5) is 0 Å². The van der Waals surface area contributed by atoms with Gasteiger partial charge in [0.1, 0.15) is 0 Å². The number of aryl methyl sites for hydroxylation is 1. The van der Waals surface area contributed by atoms with E-state index in [0.717, 1.165) is 0 Å². The van der Waals surface area contributed by atoms with Gasteiger partial charge in [-0.25, -0.2) is 8.42 Å². The van der Waals surface area contributed by atoms with Gasteiger partial charge in [-0.1, -0.05) is 0 Å². The molecule has 17 heavy (non-hydrogen) atoms. The third-order valence-electron chi connectivity index (χ3n) is 2.56. The fourth-order valence-corrected chi connectivity index (χ4v) is 2.90. The van der Waals surface area contributed by atoms with Gasteiger partial charge in [0.05, 0.1) is 12.0 Å². The Labute approximate surface area is 101 Å². The van der Waals surface area contributed by atoms with E-state index in [2.05, 4.69) is 5.10 Å². The average molecular weight is 259 g/mol. The molecule has 1 aromatic rings. The van der Waals surface area contributed by atoms with Crippen LogP contribution < -0.4 is 5.73 Å². The lowest BCUT2D eigenvalue weighted by atomic mass is 10.2. The number of hydrogen-bond acceptors (Lipinski definition) is 4. The van der Waals surface area contributed by atoms with Crippen molar-refractivity contribution in [3.05, 3.63) is 12.3 Å². The summed E-state index contributed by atoms with van der Waals surface area (Å²) >= 11 is 0. The van der Waals surface area contributed by atoms with Gasteiger partial charge in [0.2, 0.25) is 0 Å². The largest absolute Gasteiger partial charge is 0.388 e. The first kappa shape index (κ1) is 13.7. The molecule has 3 N–H and O–H groups in total. The third-order valence-corrected chi connectivity index (χ3v) is 4.60. The van der Waals surface area contributed by atoms with Crippen molar-refractivity contribution in [2.24, 2.45) is 12.8 Å². The van der Waals surface area contributed by atoms with Gasteiger partial charge in [0, 0.05) is 26.6 Å². The molecule has 0 aliphatic carbocycles. The summed E-state index contributed by atoms with van der Waals surface area (Å²) in [5, 5.41) is 11.1. The Morgan fingerprint density at radius 1 is 1.71 bits per heavy atom. The van der Waals surface area contributed by atoms with Crippen LogP contribution >= 0.6 is 0 Å². The van der Waals surface area contributed by atoms with Gasteiger partial charge < -0.3 is 5.73 Å². The highest BCUT2D eigenvalue weighted by molar-refractivity contribution is 7.89. The van der Waals surface area contributed by atoms with E-state index in [-0.39, 0.29) is 23.3 Å². The quantitative estimate of drug-likeness (QED) is 0.562. The summed E-state index contributed by atoms with van der Waals surface area (Å²) in [6.07, 6.45) is 1.63. The maximum atomic E-state index is 12.2. The van der Waals surface area contributed by atoms with Crippen molar-refractivity contribution in [3.63, 3.8) is 0 Å². The minimum Gasteiger partial charge on any atom is -0.388 e. The number of nitrogens with two attached hydrogens (primary N) is 1. The minimum absolute atomic E-state index is 0.0374. The van der Waals surface area contributed by atoms with E-state index in [9.17, 15) is 8.42 Å². The molecule has 0 amide bonds. The van der Waals surface area contributed by atoms with E-state index in [1.165, 1.54) is 28.3 Å². The highest BCUT2D eigenvalue weighted by Crippen LogP contribution is 2.16. The summed E-state index contributed by atoms with van der Waals surface area (Å²) in [6, 6.07) is 1.07. The summed E-state index contributed by atoms with van der Waals surface area (Å²) in [6.45, 7) is 1.70. The molecule has 1 rings (SSSR count). The zero-order valence-corrected chi connectivity index (χ0v) is 10.9. The van der Waals surface area contributed by atoms with Crippen LogP contribution in [-0.2, 0) is 17.1 Å². The standard InChI is InChI=1S/C9H17N5O2S/c1-7(6-8(10)11)14(3)17(15,16)9-4-5-12-13(9)2/h4-5,7H,6H2,1-3H3,(H3,10,11). The number of aromatic nitrogens is 2. The Morgan fingerprint density at radius 3 is 2.71 bits per heavy atom. The maximum absolute atomic E-state index is 12.2. The Hall–Kier alpha value is -1.41. The molecule has 0 saturated heterocycles. The molecule has 0 fully saturated rings. The summed E-state index contributed by atoms with van der Waals surface area (Å²) in [4.78, 5) is 0. The molecule has 0 spiro atoms. The molecule has 0 aliphatic heterocycles. The normalized spacial score (nSPS) is 13.9. The second-order valence-electron chi connectivity index (χ2n) is 3.89. The van der Waals surface area contributed by atoms with Gasteiger partial charge >= 0.3 is 0 Å². The van der Waals surface area contributed by atoms with Gasteiger partial charge in [-0.3, -0.25) is 10.1 Å². The van der Waals surface area contributed by atoms with Crippen LogP contribution in [0.15, 0.2) is 17.3 Å². The molecular weight excluding hydrogens is 242 g/mol. The number of nitrogens with zero attached hydrogens (tertiary/aromatic N) is 3. The smallest absolute Gasteiger partial charge is 0.260 e. The molecule has 96 valence electrons. The van der Waals surface area contributed by atoms with Crippen molar-refractivity contribution in [1.29, 1.82) is 5.41 Å². The second-order valence-corrected chi connectivity index (χ2v) is 5.84. The molecule has 0 aromatic carbocycles. The van der Waals surface area contributed by atoms with Crippen LogP contribution in [0.2, 0.25) is 0 Å². The fraction of sp³-hybridized carbons (Fsp3) is 0.556. The van der Waals surface area contributed by atoms with Gasteiger partial charge in [0.15, 0.2) is 5.03 Å². The van der Waals surface area contributed by atoms with Crippen LogP contribution in [0.5, 0.6) is 0 Å². The van der Waals surface area contributed by atoms with Crippen molar-refractivity contribution in [2.45, 2.75) is 24.4 Å². The van der Waals surface area contributed by atoms with Crippen LogP contribution in [0, 0.1) is 5.41 Å². The Kier molecular flexibility index (Phi) is 3.89. The average Bonchev–Trinajstić information content (AvgIpc) is 2.62. The molecule has 1 aromatic heterocycles. The number of amidine groups is 1. The van der Waals surface area contributed by atoms with Gasteiger partial charge in [0.25, 0.3) is 10.0 Å². The summed E-state index contributed by atoms with van der Waals surface area (Å²) in [7, 11) is -0.556. The zero-order chi connectivity index (χ0) is 13.2. The highest BCUT2D eigenvalue weighted by Gasteiger charge is 2.27. The first-order chi connectivity index (χ1) is 7.76. The zero-order valence-electron chi connectivity index (χ0n) is 10.1. The van der Waals surface area contributed by atoms with E-state index in [1.54, 1.807) is 14.0 Å². The predicted molar refractivity (Wildman–Crippen MR) is 64.1 cm³/mol. The highest BCUT2D eigenvalue weighted by atomic mass is 32.2. The molecule has 1 unspecified atom stereocenters. The predicted octanol–water partition coefficient (Wildman–Crippen LogP) is -0.245. The van der Waals surface area contributed by atoms with E-state index in [4.69, 9.17) is 11.1 Å². The Balaban J connectivity index is 2.99. The van der Waals surface area contributed by atoms with Gasteiger partial charge in [-0.2, -0.15) is 9.40 Å². The minimum atomic E-state index is -3.59. The summed E-state index contributed by atoms with van der Waals surface area (Å²) < 4.78 is 26.9. The molecule has 8 heteroatoms. The first-order valence-corrected chi connectivity index (χ1v) is 6.49. The van der Waals surface area contributed by atoms with E-state index in [0.29, 0.717) is 0 Å². The molecule has 1 atom stereocenters. The van der Waals surface area contributed by atoms with Crippen molar-refractivity contribution >= 4 is 15.9 Å². The van der Waals surface area contributed by atoms with E-state index in [1.807, 2.05) is 0 Å². The lowest BCUT2D eigenvalue weighted by Crippen LogP contribution is -2.38. The SMILES string of the molecule is CC(CC(=N)N)N(C)S(=O)(=O)c1ccnn1C. The molecule has 0 saturated carbocycles. The number of rotatable bonds is 5. The van der Waals surface area contributed by atoms with Crippen molar-refractivity contribution in [2.75, 3.05) is 7.05 Å². The first-order valence-electron chi connectivity index (χ1n) is 5.05. The van der Waals surface area contributed by atoms with Gasteiger partial charge in [-0.05, 0) is 13.0 Å². The molecule has 0 radical (unpaired) electrons. The second kappa shape index (κ2) is 4.84. The monoisotopic (exact) mass is 259 g/mol. The van der Waals surface area contributed by atoms with E-state index < -0.39 is 10.0 Å². The lowest BCUT2D eigenvalue weighted by Gasteiger charge is -2.23. The van der Waals surface area contributed by atoms with Crippen LogP contribution in [0.1, 0.15) is 13.3 Å². The molecule has 7 nitrogen and oxygen atoms in total. The van der Waals surface area contributed by atoms with Crippen molar-refractivity contribution < 1.29 is 8.42 Å². The number of hydrogen-bond donors (Lipinski definition) is 2. The Morgan fingerprint density at radius 2 is 2.29 bits per heavy atom. The van der Waals surface area contributed by atoms with E-state index >= 15 is 0 Å². The summed E-state index contributed by atoms with van der Waals surface area (Å²) in [5.74, 6) is -0.0374. The van der Waals surface area contributed by atoms with Crippen molar-refractivity contribution in [1.82, 2.24) is 14.1 Å². The molecule has 1 heterocycles. The molecular formula is C9H17N5O2S. The fourth-order valence-electron chi connectivity index (χ4n) is 1.45. The molecule has 0 aliphatic rings. The topological polar surface area (TPSA) is 105 Å². The maximum Gasteiger partial charge on any atom is 0.260 e. The number of nitrogens with one attached hydrogen (secondary N) is 1. The summed E-state index contributed by atoms with van der Waals surface area (Å²) in [5.41, 5.74) is 5.27. The van der Waals surface area contributed by atoms with Gasteiger partial charge in [-0.15, -0.1) is 0 Å². The van der Waals surface area contributed by atoms with Crippen LogP contribution in [0.25, 0.3) is 0 Å². The van der Waals surface area contributed by atoms with Crippen LogP contribution in [0.3, 0.4) is 0 Å².